The number of carbonyl (C=O) groups excluding carboxylic acids is 1. The Balaban J connectivity index is 1.92. The molecule has 0 aliphatic carbocycles. The van der Waals surface area contributed by atoms with Gasteiger partial charge in [0.2, 0.25) is 5.75 Å². The fourth-order valence-electron chi connectivity index (χ4n) is 2.59. The molecule has 3 rings (SSSR count). The Hall–Kier alpha value is -3.99. The maximum absolute atomic E-state index is 12.8. The number of nitro groups is 1. The molecule has 0 bridgehead atoms. The standard InChI is InChI=1S/C21H13ClF3NO7/c22-14-9-12(21(23,24)25)5-8-16(14)32-13-6-7-15(26(29)30)19(10-13)33-18-4-2-1-3-17(18)31-11-20(27)28/h1-10H,11H2,(H,27,28)/p-1. The monoisotopic (exact) mass is 482 g/mol. The Labute approximate surface area is 188 Å². The van der Waals surface area contributed by atoms with Crippen LogP contribution in [-0.4, -0.2) is 17.5 Å². The third-order valence-corrected chi connectivity index (χ3v) is 4.32. The maximum atomic E-state index is 12.8. The molecule has 172 valence electrons. The average molecular weight is 483 g/mol. The Morgan fingerprint density at radius 1 is 0.939 bits per heavy atom. The number of carbonyl (C=O) groups is 1. The Bertz CT molecular complexity index is 1200. The van der Waals surface area contributed by atoms with Crippen LogP contribution in [-0.2, 0) is 11.0 Å². The first-order valence-electron chi connectivity index (χ1n) is 8.97. The van der Waals surface area contributed by atoms with Gasteiger partial charge < -0.3 is 24.1 Å². The lowest BCUT2D eigenvalue weighted by Gasteiger charge is -2.14. The highest BCUT2D eigenvalue weighted by Gasteiger charge is 2.31. The number of benzene rings is 3. The number of para-hydroxylation sites is 2. The quantitative estimate of drug-likeness (QED) is 0.329. The second-order valence-corrected chi connectivity index (χ2v) is 6.75. The summed E-state index contributed by atoms with van der Waals surface area (Å²) in [4.78, 5) is 21.3. The van der Waals surface area contributed by atoms with Crippen molar-refractivity contribution in [3.63, 3.8) is 0 Å². The van der Waals surface area contributed by atoms with Gasteiger partial charge in [0, 0.05) is 12.1 Å². The van der Waals surface area contributed by atoms with Crippen LogP contribution in [0.3, 0.4) is 0 Å². The minimum atomic E-state index is -4.59. The van der Waals surface area contributed by atoms with E-state index in [4.69, 9.17) is 25.8 Å². The van der Waals surface area contributed by atoms with Gasteiger partial charge in [-0.25, -0.2) is 0 Å². The molecule has 0 aliphatic rings. The molecule has 0 N–H and O–H groups in total. The molecule has 0 saturated carbocycles. The second kappa shape index (κ2) is 9.65. The molecule has 0 radical (unpaired) electrons. The molecule has 0 atom stereocenters. The summed E-state index contributed by atoms with van der Waals surface area (Å²) in [5.41, 5.74) is -1.43. The highest BCUT2D eigenvalue weighted by molar-refractivity contribution is 6.32. The Morgan fingerprint density at radius 2 is 1.64 bits per heavy atom. The van der Waals surface area contributed by atoms with Crippen LogP contribution in [0.2, 0.25) is 5.02 Å². The third-order valence-electron chi connectivity index (χ3n) is 4.03. The van der Waals surface area contributed by atoms with E-state index < -0.39 is 34.9 Å². The van der Waals surface area contributed by atoms with E-state index in [-0.39, 0.29) is 33.8 Å². The topological polar surface area (TPSA) is 111 Å². The molecule has 33 heavy (non-hydrogen) atoms. The molecular weight excluding hydrogens is 471 g/mol. The van der Waals surface area contributed by atoms with Crippen LogP contribution in [0, 0.1) is 10.1 Å². The minimum absolute atomic E-state index is 0.0203. The number of aliphatic carboxylic acids is 1. The van der Waals surface area contributed by atoms with Gasteiger partial charge in [-0.1, -0.05) is 23.7 Å². The number of nitrogens with zero attached hydrogens (tertiary/aromatic N) is 1. The highest BCUT2D eigenvalue weighted by atomic mass is 35.5. The van der Waals surface area contributed by atoms with Crippen molar-refractivity contribution in [2.24, 2.45) is 0 Å². The first-order chi connectivity index (χ1) is 15.5. The van der Waals surface area contributed by atoms with Crippen LogP contribution in [0.5, 0.6) is 28.7 Å². The van der Waals surface area contributed by atoms with Crippen molar-refractivity contribution in [1.82, 2.24) is 0 Å². The Morgan fingerprint density at radius 3 is 2.24 bits per heavy atom. The van der Waals surface area contributed by atoms with Crippen molar-refractivity contribution >= 4 is 23.3 Å². The summed E-state index contributed by atoms with van der Waals surface area (Å²) in [6.45, 7) is -0.780. The number of nitro benzene ring substituents is 1. The SMILES string of the molecule is O=C([O-])COc1ccccc1Oc1cc(Oc2ccc(C(F)(F)F)cc2Cl)ccc1[N+](=O)[O-]. The van der Waals surface area contributed by atoms with Crippen molar-refractivity contribution in [3.8, 4) is 28.7 Å². The summed E-state index contributed by atoms with van der Waals surface area (Å²) in [7, 11) is 0. The first kappa shape index (κ1) is 23.7. The third kappa shape index (κ3) is 6.04. The van der Waals surface area contributed by atoms with Gasteiger partial charge in [-0.05, 0) is 36.4 Å². The molecule has 0 saturated heterocycles. The molecule has 0 heterocycles. The van der Waals surface area contributed by atoms with Gasteiger partial charge in [-0.15, -0.1) is 0 Å². The number of ether oxygens (including phenoxy) is 3. The first-order valence-corrected chi connectivity index (χ1v) is 9.35. The van der Waals surface area contributed by atoms with E-state index in [0.29, 0.717) is 6.07 Å². The van der Waals surface area contributed by atoms with Crippen LogP contribution in [0.4, 0.5) is 18.9 Å². The van der Waals surface area contributed by atoms with Crippen molar-refractivity contribution in [2.75, 3.05) is 6.61 Å². The number of hydrogen-bond donors (Lipinski definition) is 0. The van der Waals surface area contributed by atoms with Crippen LogP contribution >= 0.6 is 11.6 Å². The molecule has 0 unspecified atom stereocenters. The van der Waals surface area contributed by atoms with Gasteiger partial charge in [-0.3, -0.25) is 10.1 Å². The molecular formula is C21H12ClF3NO7-. The molecule has 0 aromatic heterocycles. The average Bonchev–Trinajstić information content (AvgIpc) is 2.73. The highest BCUT2D eigenvalue weighted by Crippen LogP contribution is 2.41. The number of carboxylic acids is 1. The molecule has 0 fully saturated rings. The summed E-state index contributed by atoms with van der Waals surface area (Å²) in [5, 5.41) is 21.7. The van der Waals surface area contributed by atoms with E-state index in [1.807, 2.05) is 0 Å². The lowest BCUT2D eigenvalue weighted by Crippen LogP contribution is -2.29. The number of hydrogen-bond acceptors (Lipinski definition) is 7. The predicted octanol–water partition coefficient (Wildman–Crippen LogP) is 4.98. The lowest BCUT2D eigenvalue weighted by molar-refractivity contribution is -0.385. The molecule has 0 aliphatic heterocycles. The van der Waals surface area contributed by atoms with E-state index in [2.05, 4.69) is 0 Å². The number of carboxylic acid groups (broad SMARTS) is 1. The van der Waals surface area contributed by atoms with Crippen molar-refractivity contribution in [3.05, 3.63) is 81.4 Å². The van der Waals surface area contributed by atoms with Gasteiger partial charge in [-0.2, -0.15) is 13.2 Å². The van der Waals surface area contributed by atoms with Crippen LogP contribution in [0.15, 0.2) is 60.7 Å². The predicted molar refractivity (Wildman–Crippen MR) is 107 cm³/mol. The van der Waals surface area contributed by atoms with E-state index in [9.17, 15) is 33.2 Å². The lowest BCUT2D eigenvalue weighted by atomic mass is 10.2. The summed E-state index contributed by atoms with van der Waals surface area (Å²) in [6.07, 6.45) is -4.59. The van der Waals surface area contributed by atoms with Gasteiger partial charge in [0.25, 0.3) is 0 Å². The van der Waals surface area contributed by atoms with Gasteiger partial charge in [0.15, 0.2) is 11.5 Å². The van der Waals surface area contributed by atoms with Crippen molar-refractivity contribution in [1.29, 1.82) is 0 Å². The van der Waals surface area contributed by atoms with Crippen molar-refractivity contribution < 1.29 is 42.2 Å². The van der Waals surface area contributed by atoms with Gasteiger partial charge in [0.1, 0.15) is 18.1 Å². The Kier molecular flexibility index (Phi) is 6.92. The summed E-state index contributed by atoms with van der Waals surface area (Å²) in [5.74, 6) is -1.99. The van der Waals surface area contributed by atoms with E-state index in [1.54, 1.807) is 0 Å². The molecule has 8 nitrogen and oxygen atoms in total. The number of alkyl halides is 3. The fourth-order valence-corrected chi connectivity index (χ4v) is 2.81. The molecule has 0 amide bonds. The number of rotatable bonds is 8. The fraction of sp³-hybridized carbons (Fsp3) is 0.0952. The maximum Gasteiger partial charge on any atom is 0.416 e. The van der Waals surface area contributed by atoms with E-state index in [0.717, 1.165) is 24.3 Å². The summed E-state index contributed by atoms with van der Waals surface area (Å²) < 4.78 is 54.5. The van der Waals surface area contributed by atoms with Gasteiger partial charge in [0.05, 0.1) is 21.5 Å². The van der Waals surface area contributed by atoms with Crippen LogP contribution < -0.4 is 19.3 Å². The summed E-state index contributed by atoms with van der Waals surface area (Å²) in [6, 6.07) is 11.7. The zero-order chi connectivity index (χ0) is 24.2. The van der Waals surface area contributed by atoms with Crippen molar-refractivity contribution in [2.45, 2.75) is 6.18 Å². The zero-order valence-corrected chi connectivity index (χ0v) is 17.1. The second-order valence-electron chi connectivity index (χ2n) is 6.34. The smallest absolute Gasteiger partial charge is 0.416 e. The molecule has 3 aromatic rings. The zero-order valence-electron chi connectivity index (χ0n) is 16.3. The van der Waals surface area contributed by atoms with E-state index >= 15 is 0 Å². The summed E-state index contributed by atoms with van der Waals surface area (Å²) >= 11 is 5.88. The molecule has 3 aromatic carbocycles. The minimum Gasteiger partial charge on any atom is -0.546 e. The van der Waals surface area contributed by atoms with E-state index in [1.165, 1.54) is 30.3 Å². The largest absolute Gasteiger partial charge is 0.546 e. The molecule has 12 heteroatoms. The molecule has 0 spiro atoms. The van der Waals surface area contributed by atoms with Gasteiger partial charge >= 0.3 is 11.9 Å². The normalized spacial score (nSPS) is 11.0. The van der Waals surface area contributed by atoms with Crippen LogP contribution in [0.1, 0.15) is 5.56 Å². The van der Waals surface area contributed by atoms with Crippen LogP contribution in [0.25, 0.3) is 0 Å². The number of halogens is 4.